The predicted molar refractivity (Wildman–Crippen MR) is 71.7 cm³/mol. The van der Waals surface area contributed by atoms with E-state index in [1.54, 1.807) is 0 Å². The van der Waals surface area contributed by atoms with Crippen LogP contribution in [0.4, 0.5) is 0 Å². The van der Waals surface area contributed by atoms with Gasteiger partial charge < -0.3 is 10.4 Å². The smallest absolute Gasteiger partial charge is 0.0610 e. The summed E-state index contributed by atoms with van der Waals surface area (Å²) in [5.74, 6) is 0.798. The number of rotatable bonds is 9. The van der Waals surface area contributed by atoms with Crippen molar-refractivity contribution in [3.63, 3.8) is 0 Å². The standard InChI is InChI=1S/C14H31NO/c1-6-10-14(5,11-16)15-13(4)9-7-8-12(2)3/h12-13,15-16H,6-11H2,1-5H3. The molecule has 16 heavy (non-hydrogen) atoms. The minimum absolute atomic E-state index is 0.0913. The van der Waals surface area contributed by atoms with E-state index in [9.17, 15) is 5.11 Å². The molecule has 2 nitrogen and oxygen atoms in total. The van der Waals surface area contributed by atoms with Gasteiger partial charge in [0.25, 0.3) is 0 Å². The molecule has 0 saturated carbocycles. The van der Waals surface area contributed by atoms with Crippen molar-refractivity contribution in [2.75, 3.05) is 6.61 Å². The van der Waals surface area contributed by atoms with Gasteiger partial charge in [-0.1, -0.05) is 40.0 Å². The molecule has 2 unspecified atom stereocenters. The highest BCUT2D eigenvalue weighted by atomic mass is 16.3. The van der Waals surface area contributed by atoms with Gasteiger partial charge in [0.1, 0.15) is 0 Å². The van der Waals surface area contributed by atoms with Gasteiger partial charge in [0.2, 0.25) is 0 Å². The molecule has 2 atom stereocenters. The monoisotopic (exact) mass is 229 g/mol. The summed E-state index contributed by atoms with van der Waals surface area (Å²) < 4.78 is 0. The second kappa shape index (κ2) is 8.08. The zero-order valence-electron chi connectivity index (χ0n) is 11.8. The molecule has 0 aromatic rings. The zero-order chi connectivity index (χ0) is 12.6. The Morgan fingerprint density at radius 2 is 1.81 bits per heavy atom. The molecule has 0 aliphatic heterocycles. The summed E-state index contributed by atoms with van der Waals surface area (Å²) in [4.78, 5) is 0. The molecule has 0 aromatic heterocycles. The minimum atomic E-state index is -0.0913. The molecule has 0 bridgehead atoms. The van der Waals surface area contributed by atoms with Crippen LogP contribution in [0.2, 0.25) is 0 Å². The molecule has 0 fully saturated rings. The van der Waals surface area contributed by atoms with Gasteiger partial charge in [0.15, 0.2) is 0 Å². The number of aliphatic hydroxyl groups excluding tert-OH is 1. The van der Waals surface area contributed by atoms with Crippen LogP contribution in [-0.4, -0.2) is 23.3 Å². The molecule has 0 spiro atoms. The summed E-state index contributed by atoms with van der Waals surface area (Å²) in [6.45, 7) is 11.3. The van der Waals surface area contributed by atoms with Crippen LogP contribution in [0.5, 0.6) is 0 Å². The van der Waals surface area contributed by atoms with E-state index in [-0.39, 0.29) is 12.1 Å². The predicted octanol–water partition coefficient (Wildman–Crippen LogP) is 3.34. The molecular weight excluding hydrogens is 198 g/mol. The van der Waals surface area contributed by atoms with Gasteiger partial charge in [-0.15, -0.1) is 0 Å². The van der Waals surface area contributed by atoms with Crippen molar-refractivity contribution in [3.05, 3.63) is 0 Å². The number of nitrogens with one attached hydrogen (secondary N) is 1. The molecule has 0 aliphatic carbocycles. The fraction of sp³-hybridized carbons (Fsp3) is 1.00. The zero-order valence-corrected chi connectivity index (χ0v) is 11.8. The van der Waals surface area contributed by atoms with Gasteiger partial charge in [-0.3, -0.25) is 0 Å². The third-order valence-electron chi connectivity index (χ3n) is 3.16. The Morgan fingerprint density at radius 3 is 2.25 bits per heavy atom. The number of hydrogen-bond donors (Lipinski definition) is 2. The molecule has 0 rings (SSSR count). The van der Waals surface area contributed by atoms with Gasteiger partial charge in [-0.25, -0.2) is 0 Å². The van der Waals surface area contributed by atoms with Crippen molar-refractivity contribution in [1.82, 2.24) is 5.32 Å². The van der Waals surface area contributed by atoms with Crippen LogP contribution in [-0.2, 0) is 0 Å². The fourth-order valence-corrected chi connectivity index (χ4v) is 2.25. The van der Waals surface area contributed by atoms with Crippen molar-refractivity contribution in [2.45, 2.75) is 78.3 Å². The maximum absolute atomic E-state index is 9.42. The summed E-state index contributed by atoms with van der Waals surface area (Å²) in [6.07, 6.45) is 5.94. The fourth-order valence-electron chi connectivity index (χ4n) is 2.25. The van der Waals surface area contributed by atoms with E-state index in [0.717, 1.165) is 18.8 Å². The molecular formula is C14H31NO. The molecule has 0 aliphatic rings. The van der Waals surface area contributed by atoms with Gasteiger partial charge in [-0.2, -0.15) is 0 Å². The first-order chi connectivity index (χ1) is 7.43. The Bertz CT molecular complexity index is 170. The van der Waals surface area contributed by atoms with E-state index in [0.29, 0.717) is 6.04 Å². The highest BCUT2D eigenvalue weighted by Crippen LogP contribution is 2.15. The summed E-state index contributed by atoms with van der Waals surface area (Å²) >= 11 is 0. The molecule has 2 heteroatoms. The largest absolute Gasteiger partial charge is 0.394 e. The third-order valence-corrected chi connectivity index (χ3v) is 3.16. The average molecular weight is 229 g/mol. The van der Waals surface area contributed by atoms with Crippen molar-refractivity contribution in [2.24, 2.45) is 5.92 Å². The van der Waals surface area contributed by atoms with E-state index in [1.165, 1.54) is 19.3 Å². The Kier molecular flexibility index (Phi) is 8.04. The lowest BCUT2D eigenvalue weighted by Crippen LogP contribution is -2.49. The first-order valence-corrected chi connectivity index (χ1v) is 6.82. The molecule has 0 aromatic carbocycles. The molecule has 0 heterocycles. The minimum Gasteiger partial charge on any atom is -0.394 e. The van der Waals surface area contributed by atoms with E-state index in [1.807, 2.05) is 0 Å². The molecule has 98 valence electrons. The van der Waals surface area contributed by atoms with Crippen LogP contribution in [0, 0.1) is 5.92 Å². The van der Waals surface area contributed by atoms with Gasteiger partial charge in [-0.05, 0) is 32.6 Å². The van der Waals surface area contributed by atoms with Crippen molar-refractivity contribution in [3.8, 4) is 0 Å². The lowest BCUT2D eigenvalue weighted by atomic mass is 9.95. The maximum Gasteiger partial charge on any atom is 0.0610 e. The Morgan fingerprint density at radius 1 is 1.19 bits per heavy atom. The van der Waals surface area contributed by atoms with Crippen LogP contribution < -0.4 is 5.32 Å². The van der Waals surface area contributed by atoms with E-state index < -0.39 is 0 Å². The Labute approximate surface area is 102 Å². The number of aliphatic hydroxyl groups is 1. The van der Waals surface area contributed by atoms with Gasteiger partial charge in [0, 0.05) is 11.6 Å². The van der Waals surface area contributed by atoms with E-state index >= 15 is 0 Å². The quantitative estimate of drug-likeness (QED) is 0.635. The van der Waals surface area contributed by atoms with Crippen LogP contribution in [0.25, 0.3) is 0 Å². The number of hydrogen-bond acceptors (Lipinski definition) is 2. The van der Waals surface area contributed by atoms with E-state index in [4.69, 9.17) is 0 Å². The summed E-state index contributed by atoms with van der Waals surface area (Å²) in [7, 11) is 0. The van der Waals surface area contributed by atoms with Gasteiger partial charge in [0.05, 0.1) is 6.61 Å². The van der Waals surface area contributed by atoms with Crippen LogP contribution in [0.3, 0.4) is 0 Å². The SMILES string of the molecule is CCCC(C)(CO)NC(C)CCCC(C)C. The molecule has 2 N–H and O–H groups in total. The summed E-state index contributed by atoms with van der Waals surface area (Å²) in [6, 6.07) is 0.502. The second-order valence-corrected chi connectivity index (χ2v) is 5.84. The first kappa shape index (κ1) is 15.9. The molecule has 0 radical (unpaired) electrons. The van der Waals surface area contributed by atoms with Crippen LogP contribution in [0.15, 0.2) is 0 Å². The lowest BCUT2D eigenvalue weighted by Gasteiger charge is -2.32. The Hall–Kier alpha value is -0.0800. The summed E-state index contributed by atoms with van der Waals surface area (Å²) in [5.41, 5.74) is -0.0913. The maximum atomic E-state index is 9.42. The second-order valence-electron chi connectivity index (χ2n) is 5.84. The van der Waals surface area contributed by atoms with Crippen LogP contribution >= 0.6 is 0 Å². The normalized spacial score (nSPS) is 17.4. The highest BCUT2D eigenvalue weighted by molar-refractivity contribution is 4.84. The Balaban J connectivity index is 3.86. The molecule has 0 saturated heterocycles. The lowest BCUT2D eigenvalue weighted by molar-refractivity contribution is 0.151. The topological polar surface area (TPSA) is 32.3 Å². The average Bonchev–Trinajstić information content (AvgIpc) is 2.17. The third kappa shape index (κ3) is 7.24. The summed E-state index contributed by atoms with van der Waals surface area (Å²) in [5, 5.41) is 13.0. The molecule has 0 amide bonds. The van der Waals surface area contributed by atoms with Crippen molar-refractivity contribution < 1.29 is 5.11 Å². The van der Waals surface area contributed by atoms with Gasteiger partial charge >= 0.3 is 0 Å². The van der Waals surface area contributed by atoms with Crippen molar-refractivity contribution >= 4 is 0 Å². The van der Waals surface area contributed by atoms with Crippen LogP contribution in [0.1, 0.15) is 66.7 Å². The highest BCUT2D eigenvalue weighted by Gasteiger charge is 2.23. The van der Waals surface area contributed by atoms with E-state index in [2.05, 4.69) is 39.9 Å². The first-order valence-electron chi connectivity index (χ1n) is 6.82. The van der Waals surface area contributed by atoms with Crippen molar-refractivity contribution in [1.29, 1.82) is 0 Å².